The normalized spacial score (nSPS) is 20.1. The molecule has 1 aromatic rings. The molecule has 1 atom stereocenters. The van der Waals surface area contributed by atoms with Gasteiger partial charge in [-0.1, -0.05) is 6.07 Å². The molecule has 2 rings (SSSR count). The van der Waals surface area contributed by atoms with Crippen LogP contribution in [-0.4, -0.2) is 31.1 Å². The van der Waals surface area contributed by atoms with Crippen LogP contribution >= 0.6 is 15.9 Å². The number of esters is 1. The minimum Gasteiger partial charge on any atom is -0.469 e. The molecular formula is C13H15BrFNO2. The second-order valence-corrected chi connectivity index (χ2v) is 5.35. The first-order valence-corrected chi connectivity index (χ1v) is 6.63. The summed E-state index contributed by atoms with van der Waals surface area (Å²) in [4.78, 5) is 13.6. The van der Waals surface area contributed by atoms with Crippen molar-refractivity contribution in [1.29, 1.82) is 0 Å². The summed E-state index contributed by atoms with van der Waals surface area (Å²) in [6.45, 7) is 2.31. The second-order valence-electron chi connectivity index (χ2n) is 4.49. The zero-order valence-electron chi connectivity index (χ0n) is 10.2. The average Bonchev–Trinajstić information content (AvgIpc) is 2.81. The molecule has 1 aliphatic heterocycles. The van der Waals surface area contributed by atoms with E-state index in [0.29, 0.717) is 11.0 Å². The fourth-order valence-electron chi connectivity index (χ4n) is 2.23. The van der Waals surface area contributed by atoms with E-state index in [1.807, 2.05) is 0 Å². The second kappa shape index (κ2) is 5.80. The molecule has 0 bridgehead atoms. The summed E-state index contributed by atoms with van der Waals surface area (Å²) in [5.74, 6) is -0.427. The number of benzene rings is 1. The van der Waals surface area contributed by atoms with Gasteiger partial charge in [0.05, 0.1) is 17.5 Å². The Bertz CT molecular complexity index is 453. The highest BCUT2D eigenvalue weighted by Crippen LogP contribution is 2.22. The van der Waals surface area contributed by atoms with Gasteiger partial charge in [-0.3, -0.25) is 9.69 Å². The molecule has 0 aliphatic carbocycles. The Morgan fingerprint density at radius 2 is 2.39 bits per heavy atom. The van der Waals surface area contributed by atoms with Gasteiger partial charge in [-0.05, 0) is 46.6 Å². The van der Waals surface area contributed by atoms with Crippen molar-refractivity contribution >= 4 is 21.9 Å². The lowest BCUT2D eigenvalue weighted by Gasteiger charge is -2.15. The molecule has 1 saturated heterocycles. The lowest BCUT2D eigenvalue weighted by molar-refractivity contribution is -0.144. The summed E-state index contributed by atoms with van der Waals surface area (Å²) in [5, 5.41) is 0. The number of likely N-dealkylation sites (tertiary alicyclic amines) is 1. The fourth-order valence-corrected chi connectivity index (χ4v) is 2.66. The number of carbonyl (C=O) groups is 1. The third kappa shape index (κ3) is 3.09. The molecule has 18 heavy (non-hydrogen) atoms. The van der Waals surface area contributed by atoms with Crippen molar-refractivity contribution < 1.29 is 13.9 Å². The lowest BCUT2D eigenvalue weighted by atomic mass is 10.1. The molecule has 0 saturated carbocycles. The third-order valence-corrected chi connectivity index (χ3v) is 3.80. The first kappa shape index (κ1) is 13.5. The summed E-state index contributed by atoms with van der Waals surface area (Å²) in [5.41, 5.74) is 1.04. The highest BCUT2D eigenvalue weighted by atomic mass is 79.9. The van der Waals surface area contributed by atoms with E-state index >= 15 is 0 Å². The van der Waals surface area contributed by atoms with Gasteiger partial charge in [0.25, 0.3) is 0 Å². The summed E-state index contributed by atoms with van der Waals surface area (Å²) >= 11 is 3.17. The topological polar surface area (TPSA) is 29.5 Å². The van der Waals surface area contributed by atoms with Crippen molar-refractivity contribution in [2.45, 2.75) is 13.0 Å². The Hall–Kier alpha value is -0.940. The maximum Gasteiger partial charge on any atom is 0.310 e. The third-order valence-electron chi connectivity index (χ3n) is 3.20. The molecule has 0 N–H and O–H groups in total. The summed E-state index contributed by atoms with van der Waals surface area (Å²) < 4.78 is 18.3. The van der Waals surface area contributed by atoms with Crippen molar-refractivity contribution in [2.24, 2.45) is 5.92 Å². The van der Waals surface area contributed by atoms with Gasteiger partial charge in [-0.2, -0.15) is 0 Å². The first-order valence-electron chi connectivity index (χ1n) is 5.84. The van der Waals surface area contributed by atoms with E-state index in [9.17, 15) is 9.18 Å². The maximum absolute atomic E-state index is 13.1. The Morgan fingerprint density at radius 3 is 3.06 bits per heavy atom. The van der Waals surface area contributed by atoms with Crippen molar-refractivity contribution in [2.75, 3.05) is 20.2 Å². The lowest BCUT2D eigenvalue weighted by Crippen LogP contribution is -2.23. The van der Waals surface area contributed by atoms with E-state index in [2.05, 4.69) is 20.8 Å². The number of nitrogens with zero attached hydrogens (tertiary/aromatic N) is 1. The van der Waals surface area contributed by atoms with Gasteiger partial charge < -0.3 is 4.74 Å². The molecule has 1 aromatic carbocycles. The molecule has 0 spiro atoms. The Morgan fingerprint density at radius 1 is 1.61 bits per heavy atom. The van der Waals surface area contributed by atoms with Gasteiger partial charge >= 0.3 is 5.97 Å². The molecule has 1 fully saturated rings. The largest absolute Gasteiger partial charge is 0.469 e. The van der Waals surface area contributed by atoms with Gasteiger partial charge in [0, 0.05) is 13.1 Å². The van der Waals surface area contributed by atoms with Crippen LogP contribution in [0.2, 0.25) is 0 Å². The summed E-state index contributed by atoms with van der Waals surface area (Å²) in [7, 11) is 1.42. The maximum atomic E-state index is 13.1. The molecule has 1 aliphatic rings. The quantitative estimate of drug-likeness (QED) is 0.803. The van der Waals surface area contributed by atoms with Crippen LogP contribution in [0.5, 0.6) is 0 Å². The number of hydrogen-bond acceptors (Lipinski definition) is 3. The smallest absolute Gasteiger partial charge is 0.310 e. The van der Waals surface area contributed by atoms with E-state index in [0.717, 1.165) is 25.1 Å². The monoisotopic (exact) mass is 315 g/mol. The Kier molecular flexibility index (Phi) is 4.35. The zero-order valence-corrected chi connectivity index (χ0v) is 11.7. The minimum atomic E-state index is -0.257. The molecule has 1 unspecified atom stereocenters. The number of hydrogen-bond donors (Lipinski definition) is 0. The molecule has 0 amide bonds. The minimum absolute atomic E-state index is 0.0288. The Labute approximate surface area is 114 Å². The first-order chi connectivity index (χ1) is 8.60. The standard InChI is InChI=1S/C13H15BrFNO2/c1-18-13(17)10-4-5-16(8-10)7-9-2-3-12(15)11(14)6-9/h2-3,6,10H,4-5,7-8H2,1H3. The number of methoxy groups -OCH3 is 1. The Balaban J connectivity index is 1.95. The van der Waals surface area contributed by atoms with Crippen LogP contribution in [-0.2, 0) is 16.1 Å². The molecule has 0 aromatic heterocycles. The van der Waals surface area contributed by atoms with Crippen molar-refractivity contribution in [3.05, 3.63) is 34.1 Å². The molecule has 5 heteroatoms. The van der Waals surface area contributed by atoms with E-state index in [1.54, 1.807) is 12.1 Å². The summed E-state index contributed by atoms with van der Waals surface area (Å²) in [6, 6.07) is 5.00. The highest BCUT2D eigenvalue weighted by molar-refractivity contribution is 9.10. The van der Waals surface area contributed by atoms with Gasteiger partial charge in [0.15, 0.2) is 0 Å². The number of halogens is 2. The van der Waals surface area contributed by atoms with Crippen LogP contribution in [0.4, 0.5) is 4.39 Å². The zero-order chi connectivity index (χ0) is 13.1. The van der Waals surface area contributed by atoms with Crippen molar-refractivity contribution in [1.82, 2.24) is 4.90 Å². The molecule has 98 valence electrons. The van der Waals surface area contributed by atoms with Crippen LogP contribution in [0.3, 0.4) is 0 Å². The van der Waals surface area contributed by atoms with E-state index < -0.39 is 0 Å². The van der Waals surface area contributed by atoms with Crippen LogP contribution in [0.15, 0.2) is 22.7 Å². The van der Waals surface area contributed by atoms with Gasteiger partial charge in [-0.15, -0.1) is 0 Å². The summed E-state index contributed by atoms with van der Waals surface area (Å²) in [6.07, 6.45) is 0.828. The van der Waals surface area contributed by atoms with E-state index in [4.69, 9.17) is 4.74 Å². The number of rotatable bonds is 3. The highest BCUT2D eigenvalue weighted by Gasteiger charge is 2.28. The van der Waals surface area contributed by atoms with Gasteiger partial charge in [0.1, 0.15) is 5.82 Å². The van der Waals surface area contributed by atoms with Crippen molar-refractivity contribution in [3.63, 3.8) is 0 Å². The number of carbonyl (C=O) groups excluding carboxylic acids is 1. The predicted octanol–water partition coefficient (Wildman–Crippen LogP) is 2.58. The molecule has 3 nitrogen and oxygen atoms in total. The van der Waals surface area contributed by atoms with E-state index in [-0.39, 0.29) is 17.7 Å². The fraction of sp³-hybridized carbons (Fsp3) is 0.462. The van der Waals surface area contributed by atoms with E-state index in [1.165, 1.54) is 13.2 Å². The van der Waals surface area contributed by atoms with Gasteiger partial charge in [0.2, 0.25) is 0 Å². The average molecular weight is 316 g/mol. The molecule has 0 radical (unpaired) electrons. The van der Waals surface area contributed by atoms with Gasteiger partial charge in [-0.25, -0.2) is 4.39 Å². The van der Waals surface area contributed by atoms with Crippen LogP contribution < -0.4 is 0 Å². The predicted molar refractivity (Wildman–Crippen MR) is 69.5 cm³/mol. The number of ether oxygens (including phenoxy) is 1. The van der Waals surface area contributed by atoms with Crippen molar-refractivity contribution in [3.8, 4) is 0 Å². The van der Waals surface area contributed by atoms with Crippen LogP contribution in [0.25, 0.3) is 0 Å². The van der Waals surface area contributed by atoms with Crippen LogP contribution in [0.1, 0.15) is 12.0 Å². The molecule has 1 heterocycles. The molecular weight excluding hydrogens is 301 g/mol. The van der Waals surface area contributed by atoms with Crippen LogP contribution in [0, 0.1) is 11.7 Å². The SMILES string of the molecule is COC(=O)C1CCN(Cc2ccc(F)c(Br)c2)C1.